The van der Waals surface area contributed by atoms with Crippen LogP contribution in [-0.4, -0.2) is 0 Å². The third kappa shape index (κ3) is 7.74. The Morgan fingerprint density at radius 1 is 0.250 bits per heavy atom. The number of benzene rings is 7. The molecule has 80 heavy (non-hydrogen) atoms. The summed E-state index contributed by atoms with van der Waals surface area (Å²) in [5, 5.41) is 0. The van der Waals surface area contributed by atoms with Crippen molar-refractivity contribution in [1.29, 1.82) is 0 Å². The predicted molar refractivity (Wildman–Crippen MR) is 336 cm³/mol. The molecule has 13 aliphatic rings. The lowest BCUT2D eigenvalue weighted by Gasteiger charge is -2.16. The summed E-state index contributed by atoms with van der Waals surface area (Å²) in [6.07, 6.45) is 40.1. The van der Waals surface area contributed by atoms with Crippen LogP contribution in [0.5, 0.6) is 0 Å². The van der Waals surface area contributed by atoms with E-state index in [0.717, 1.165) is 25.7 Å². The van der Waals surface area contributed by atoms with E-state index in [4.69, 9.17) is 0 Å². The van der Waals surface area contributed by atoms with E-state index < -0.39 is 0 Å². The molecule has 392 valence electrons. The van der Waals surface area contributed by atoms with E-state index in [-0.39, 0.29) is 0 Å². The third-order valence-corrected chi connectivity index (χ3v) is 21.3. The van der Waals surface area contributed by atoms with Crippen LogP contribution in [0.4, 0.5) is 0 Å². The first kappa shape index (κ1) is 47.5. The van der Waals surface area contributed by atoms with Crippen LogP contribution in [0.1, 0.15) is 192 Å². The summed E-state index contributed by atoms with van der Waals surface area (Å²) in [5.74, 6) is 0. The van der Waals surface area contributed by atoms with Gasteiger partial charge in [0.05, 0.1) is 0 Å². The lowest BCUT2D eigenvalue weighted by molar-refractivity contribution is 0.711. The van der Waals surface area contributed by atoms with Gasteiger partial charge in [0.1, 0.15) is 0 Å². The van der Waals surface area contributed by atoms with Gasteiger partial charge in [0.2, 0.25) is 0 Å². The van der Waals surface area contributed by atoms with E-state index in [1.807, 2.05) is 0 Å². The Hall–Kier alpha value is -7.28. The summed E-state index contributed by atoms with van der Waals surface area (Å²) in [5.41, 5.74) is 50.9. The molecule has 0 nitrogen and oxygen atoms in total. The fourth-order valence-electron chi connectivity index (χ4n) is 17.6. The molecule has 0 bridgehead atoms. The maximum atomic E-state index is 2.51. The maximum Gasteiger partial charge on any atom is -0.00132 e. The Labute approximate surface area is 475 Å². The fourth-order valence-corrected chi connectivity index (χ4v) is 17.6. The van der Waals surface area contributed by atoms with Crippen LogP contribution in [0.2, 0.25) is 0 Å². The molecule has 7 aromatic rings. The Balaban J connectivity index is 0.0000000853. The molecule has 0 atom stereocenters. The van der Waals surface area contributed by atoms with Gasteiger partial charge < -0.3 is 0 Å². The predicted octanol–water partition coefficient (Wildman–Crippen LogP) is 20.4. The number of hydrogen-bond acceptors (Lipinski definition) is 0. The van der Waals surface area contributed by atoms with Crippen LogP contribution < -0.4 is 0 Å². The minimum atomic E-state index is 1.13. The molecule has 7 aromatic carbocycles. The third-order valence-electron chi connectivity index (χ3n) is 21.3. The van der Waals surface area contributed by atoms with Gasteiger partial charge in [-0.1, -0.05) is 156 Å². The summed E-state index contributed by atoms with van der Waals surface area (Å²) in [6, 6.07) is 46.4. The van der Waals surface area contributed by atoms with Gasteiger partial charge in [-0.3, -0.25) is 0 Å². The summed E-state index contributed by atoms with van der Waals surface area (Å²) in [6.45, 7) is 0. The van der Waals surface area contributed by atoms with Crippen molar-refractivity contribution in [3.05, 3.63) is 263 Å². The van der Waals surface area contributed by atoms with Crippen LogP contribution in [0, 0.1) is 0 Å². The first-order valence-electron chi connectivity index (χ1n) is 31.4. The highest BCUT2D eigenvalue weighted by Gasteiger charge is 2.34. The van der Waals surface area contributed by atoms with E-state index in [9.17, 15) is 0 Å². The van der Waals surface area contributed by atoms with Gasteiger partial charge in [0.15, 0.2) is 0 Å². The number of hydrogen-bond donors (Lipinski definition) is 0. The summed E-state index contributed by atoms with van der Waals surface area (Å²) in [4.78, 5) is 0. The van der Waals surface area contributed by atoms with E-state index in [1.165, 1.54) is 184 Å². The van der Waals surface area contributed by atoms with E-state index >= 15 is 0 Å². The molecule has 13 aliphatic carbocycles. The summed E-state index contributed by atoms with van der Waals surface area (Å²) in [7, 11) is 0. The maximum absolute atomic E-state index is 2.51. The average molecular weight is 1030 g/mol. The zero-order valence-electron chi connectivity index (χ0n) is 46.8. The Bertz CT molecular complexity index is 4100. The van der Waals surface area contributed by atoms with Crippen molar-refractivity contribution in [3.8, 4) is 33.4 Å². The zero-order valence-corrected chi connectivity index (χ0v) is 46.8. The molecule has 0 saturated heterocycles. The van der Waals surface area contributed by atoms with Crippen molar-refractivity contribution >= 4 is 27.9 Å². The zero-order chi connectivity index (χ0) is 52.4. The Kier molecular flexibility index (Phi) is 11.4. The van der Waals surface area contributed by atoms with Gasteiger partial charge in [0, 0.05) is 0 Å². The van der Waals surface area contributed by atoms with Gasteiger partial charge >= 0.3 is 0 Å². The molecule has 0 radical (unpaired) electrons. The lowest BCUT2D eigenvalue weighted by Crippen LogP contribution is -1.96. The lowest BCUT2D eigenvalue weighted by atomic mass is 9.88. The van der Waals surface area contributed by atoms with Crippen molar-refractivity contribution in [2.24, 2.45) is 0 Å². The molecule has 0 heteroatoms. The van der Waals surface area contributed by atoms with Crippen molar-refractivity contribution in [3.63, 3.8) is 0 Å². The summed E-state index contributed by atoms with van der Waals surface area (Å²) < 4.78 is 0. The average Bonchev–Trinajstić information content (AvgIpc) is 4.51. The van der Waals surface area contributed by atoms with Crippen molar-refractivity contribution < 1.29 is 0 Å². The highest BCUT2D eigenvalue weighted by Crippen LogP contribution is 2.53. The van der Waals surface area contributed by atoms with Gasteiger partial charge in [-0.05, 0) is 322 Å². The normalized spacial score (nSPS) is 19.4. The van der Waals surface area contributed by atoms with Crippen LogP contribution in [-0.2, 0) is 51.4 Å². The van der Waals surface area contributed by atoms with Gasteiger partial charge in [-0.15, -0.1) is 0 Å². The van der Waals surface area contributed by atoms with Gasteiger partial charge in [0.25, 0.3) is 0 Å². The second-order valence-corrected chi connectivity index (χ2v) is 25.7. The molecule has 0 amide bonds. The molecule has 0 saturated carbocycles. The second kappa shape index (κ2) is 19.2. The molecular weight excluding hydrogens is 961 g/mol. The van der Waals surface area contributed by atoms with Gasteiger partial charge in [-0.2, -0.15) is 0 Å². The van der Waals surface area contributed by atoms with Crippen LogP contribution in [0.3, 0.4) is 0 Å². The molecule has 0 aliphatic heterocycles. The van der Waals surface area contributed by atoms with Crippen molar-refractivity contribution in [2.75, 3.05) is 0 Å². The van der Waals surface area contributed by atoms with Crippen LogP contribution >= 0.6 is 0 Å². The first-order valence-corrected chi connectivity index (χ1v) is 31.4. The number of fused-ring (bicyclic) bond motifs is 21. The van der Waals surface area contributed by atoms with E-state index in [0.29, 0.717) is 0 Å². The van der Waals surface area contributed by atoms with Crippen molar-refractivity contribution in [1.82, 2.24) is 0 Å². The minimum Gasteiger partial charge on any atom is -0.0839 e. The fraction of sp³-hybridized carbons (Fsp3) is 0.300. The summed E-state index contributed by atoms with van der Waals surface area (Å²) >= 11 is 0. The Morgan fingerprint density at radius 2 is 0.750 bits per heavy atom. The molecule has 0 unspecified atom stereocenters. The van der Waals surface area contributed by atoms with Crippen molar-refractivity contribution in [2.45, 2.75) is 154 Å². The molecule has 0 spiro atoms. The standard InChI is InChI=1S/4C20H18/c1-3-7-16-14(6-1)12-19-18(16)10-9-15-11-13-5-2-4-8-17(13)20(15)19;1-3-7-17-13(5-1)9-15-11-20-16(12-19(15)17)10-14-6-2-4-8-18(14)20;1-3-7-17-13(5-1)9-15-11-16-10-14-6-2-4-8-18(14)20(16)12-19(15)17;1-3-7-17-13(5-1)11-15-9-10-16-12-14-6-2-4-8-18(14)20(16)19(15)17/h2-3,5,7,9-10H,1,4,6,8,11-12H2;2*1,3,5,7,11-12H,2,4,6,8-10H2;1,3,5,7,9-10H,2,4,6,8,11-12H2. The molecule has 20 rings (SSSR count). The quantitative estimate of drug-likeness (QED) is 0.142. The number of allylic oxidation sites excluding steroid dienone is 14. The molecular formula is C80H72. The topological polar surface area (TPSA) is 0 Å². The monoisotopic (exact) mass is 1030 g/mol. The second-order valence-electron chi connectivity index (χ2n) is 25.7. The van der Waals surface area contributed by atoms with E-state index in [1.54, 1.807) is 122 Å². The first-order chi connectivity index (χ1) is 39.6. The van der Waals surface area contributed by atoms with E-state index in [2.05, 4.69) is 146 Å². The highest BCUT2D eigenvalue weighted by molar-refractivity contribution is 5.94. The molecule has 0 fully saturated rings. The SMILES string of the molecule is C1=CC2=C(CC1)Cc1c2ccc2c1C1=C(C=CCC1)C2.c1ccc2c(c1)Cc1cc3c(cc1-2)C1=C(CCCC1)C3.c1ccc2c(c1)Cc1cc3c(cc1-2)CC1=C3CCCC1.c1ccc2c(c1)Cc1ccc3c(c1-2)C1=C(CCCC1)C3. The molecule has 0 heterocycles. The van der Waals surface area contributed by atoms with Crippen LogP contribution in [0.15, 0.2) is 173 Å². The largest absolute Gasteiger partial charge is 0.0839 e. The molecule has 0 N–H and O–H groups in total. The van der Waals surface area contributed by atoms with Gasteiger partial charge in [-0.25, -0.2) is 0 Å². The minimum absolute atomic E-state index is 1.13. The molecule has 0 aromatic heterocycles. The highest BCUT2D eigenvalue weighted by atomic mass is 14.4. The Morgan fingerprint density at radius 3 is 1.49 bits per heavy atom. The van der Waals surface area contributed by atoms with Crippen LogP contribution in [0.25, 0.3) is 61.2 Å². The number of rotatable bonds is 0. The smallest absolute Gasteiger partial charge is 0.00132 e.